The fraction of sp³-hybridized carbons (Fsp3) is 0.792. The topological polar surface area (TPSA) is 428 Å². The molecular weight excluding hydrogens is 1170 g/mol. The molecule has 0 saturated heterocycles. The van der Waals surface area contributed by atoms with E-state index in [1.165, 1.54) is 41.5 Å². The molecule has 0 aliphatic rings. The fourth-order valence-corrected chi connectivity index (χ4v) is 8.67. The van der Waals surface area contributed by atoms with Crippen molar-refractivity contribution < 1.29 is 111 Å². The smallest absolute Gasteiger partial charge is 0.408 e. The van der Waals surface area contributed by atoms with E-state index in [1.807, 2.05) is 0 Å². The second-order valence-corrected chi connectivity index (χ2v) is 28.6. The first kappa shape index (κ1) is 76.7. The fourth-order valence-electron chi connectivity index (χ4n) is 5.76. The minimum atomic E-state index is -5.51. The van der Waals surface area contributed by atoms with Gasteiger partial charge in [-0.1, -0.05) is 21.6 Å². The normalized spacial score (nSPS) is 14.8. The molecule has 82 heavy (non-hydrogen) atoms. The lowest BCUT2D eigenvalue weighted by atomic mass is 10.1. The highest BCUT2D eigenvalue weighted by molar-refractivity contribution is 8.76. The van der Waals surface area contributed by atoms with Crippen LogP contribution in [0.15, 0.2) is 0 Å². The summed E-state index contributed by atoms with van der Waals surface area (Å²) < 4.78 is 108. The summed E-state index contributed by atoms with van der Waals surface area (Å²) in [7, 11) is -9.21. The Hall–Kier alpha value is -5.26. The molecule has 30 nitrogen and oxygen atoms in total. The number of esters is 4. The summed E-state index contributed by atoms with van der Waals surface area (Å²) in [6.45, 7) is 25.0. The van der Waals surface area contributed by atoms with Gasteiger partial charge in [0.1, 0.15) is 69.9 Å². The molecule has 0 unspecified atom stereocenters. The van der Waals surface area contributed by atoms with Crippen LogP contribution in [0.5, 0.6) is 0 Å². The third kappa shape index (κ3) is 39.3. The average molecular weight is 1260 g/mol. The molecule has 0 fully saturated rings. The molecule has 0 radical (unpaired) electrons. The SMILES string of the molecule is CC(C)(C)OC(=O)N[C@@H](CCC(=O)N[C@@H](COS(=O)(=O)[O-])C(=O)N[C@@H](CSSC[C@H](NC(=O)[C@H](COS(=O)(=O)O)NC(=O)CC[C@H](NC(=O)OC(C)(C)C)C(=O)OC(C)(C)C)C(=O)OC(C)(C)C)C(=O)OC(C)(C)C)C(=O)OC(C)(C)C. The molecule has 7 N–H and O–H groups in total. The summed E-state index contributed by atoms with van der Waals surface area (Å²) in [6.07, 6.45) is -4.26. The Morgan fingerprint density at radius 3 is 0.927 bits per heavy atom. The van der Waals surface area contributed by atoms with Crippen LogP contribution in [-0.4, -0.2) is 180 Å². The van der Waals surface area contributed by atoms with E-state index in [4.69, 9.17) is 28.4 Å². The van der Waals surface area contributed by atoms with E-state index in [2.05, 4.69) is 40.3 Å². The summed E-state index contributed by atoms with van der Waals surface area (Å²) in [6, 6.07) is -10.3. The number of ether oxygens (including phenoxy) is 6. The second kappa shape index (κ2) is 32.1. The molecule has 474 valence electrons. The molecule has 0 rings (SSSR count). The van der Waals surface area contributed by atoms with Crippen molar-refractivity contribution in [3.63, 3.8) is 0 Å². The summed E-state index contributed by atoms with van der Waals surface area (Å²) in [5.74, 6) is -9.62. The number of hydrogen-bond donors (Lipinski definition) is 7. The lowest BCUT2D eigenvalue weighted by Gasteiger charge is -2.27. The van der Waals surface area contributed by atoms with Crippen molar-refractivity contribution in [3.05, 3.63) is 0 Å². The van der Waals surface area contributed by atoms with E-state index in [-0.39, 0.29) is 0 Å². The van der Waals surface area contributed by atoms with Gasteiger partial charge in [0.05, 0.1) is 13.2 Å². The van der Waals surface area contributed by atoms with E-state index in [0.717, 1.165) is 21.6 Å². The largest absolute Gasteiger partial charge is 0.726 e. The molecule has 0 aromatic carbocycles. The molecule has 0 bridgehead atoms. The van der Waals surface area contributed by atoms with Crippen LogP contribution in [0.25, 0.3) is 0 Å². The van der Waals surface area contributed by atoms with Gasteiger partial charge in [-0.2, -0.15) is 8.42 Å². The van der Waals surface area contributed by atoms with Crippen LogP contribution in [0, 0.1) is 0 Å². The number of rotatable bonds is 29. The predicted octanol–water partition coefficient (Wildman–Crippen LogP) is 2.32. The molecule has 0 aromatic rings. The lowest BCUT2D eigenvalue weighted by Crippen LogP contribution is -2.55. The van der Waals surface area contributed by atoms with Gasteiger partial charge >= 0.3 is 46.5 Å². The molecule has 0 spiro atoms. The van der Waals surface area contributed by atoms with Gasteiger partial charge < -0.3 is 64.9 Å². The maximum atomic E-state index is 13.8. The molecule has 0 aromatic heterocycles. The van der Waals surface area contributed by atoms with Crippen LogP contribution >= 0.6 is 21.6 Å². The molecular formula is C48H83N6O24S4-. The van der Waals surface area contributed by atoms with Crippen LogP contribution in [0.3, 0.4) is 0 Å². The Morgan fingerprint density at radius 2 is 0.671 bits per heavy atom. The molecule has 0 saturated carbocycles. The van der Waals surface area contributed by atoms with E-state index < -0.39 is 201 Å². The Kier molecular flexibility index (Phi) is 30.1. The molecule has 6 amide bonds. The maximum absolute atomic E-state index is 13.8. The highest BCUT2D eigenvalue weighted by Crippen LogP contribution is 2.26. The third-order valence-electron chi connectivity index (χ3n) is 8.72. The molecule has 0 heterocycles. The first-order valence-corrected chi connectivity index (χ1v) is 30.5. The number of carbonyl (C=O) groups excluding carboxylic acids is 10. The summed E-state index contributed by atoms with van der Waals surface area (Å²) in [5.41, 5.74) is -6.43. The van der Waals surface area contributed by atoms with Gasteiger partial charge in [0.15, 0.2) is 0 Å². The van der Waals surface area contributed by atoms with Crippen LogP contribution < -0.4 is 31.9 Å². The van der Waals surface area contributed by atoms with Gasteiger partial charge in [-0.15, -0.1) is 0 Å². The van der Waals surface area contributed by atoms with Gasteiger partial charge in [0.2, 0.25) is 34.0 Å². The first-order chi connectivity index (χ1) is 36.7. The van der Waals surface area contributed by atoms with E-state index >= 15 is 0 Å². The number of nitrogens with one attached hydrogen (secondary N) is 6. The first-order valence-electron chi connectivity index (χ1n) is 25.3. The number of carbonyl (C=O) groups is 10. The quantitative estimate of drug-likeness (QED) is 0.0141. The Morgan fingerprint density at radius 1 is 0.402 bits per heavy atom. The molecule has 0 aliphatic heterocycles. The van der Waals surface area contributed by atoms with Crippen molar-refractivity contribution in [3.8, 4) is 0 Å². The minimum Gasteiger partial charge on any atom is -0.726 e. The van der Waals surface area contributed by atoms with Crippen molar-refractivity contribution in [1.29, 1.82) is 0 Å². The van der Waals surface area contributed by atoms with Crippen LogP contribution in [-0.2, 0) is 95.9 Å². The van der Waals surface area contributed by atoms with E-state index in [0.29, 0.717) is 0 Å². The Labute approximate surface area is 487 Å². The van der Waals surface area contributed by atoms with Crippen molar-refractivity contribution in [1.82, 2.24) is 31.9 Å². The zero-order valence-corrected chi connectivity index (χ0v) is 52.9. The van der Waals surface area contributed by atoms with Crippen molar-refractivity contribution in [2.24, 2.45) is 0 Å². The van der Waals surface area contributed by atoms with Crippen molar-refractivity contribution >= 4 is 102 Å². The zero-order chi connectivity index (χ0) is 64.2. The highest BCUT2D eigenvalue weighted by atomic mass is 33.1. The second-order valence-electron chi connectivity index (χ2n) is 23.9. The number of amides is 6. The monoisotopic (exact) mass is 1260 g/mol. The van der Waals surface area contributed by atoms with Gasteiger partial charge in [0, 0.05) is 24.3 Å². The Balaban J connectivity index is 6.74. The van der Waals surface area contributed by atoms with Gasteiger partial charge in [0.25, 0.3) is 0 Å². The van der Waals surface area contributed by atoms with Gasteiger partial charge in [-0.05, 0) is 137 Å². The number of alkyl carbamates (subject to hydrolysis) is 2. The lowest BCUT2D eigenvalue weighted by molar-refractivity contribution is -0.159. The van der Waals surface area contributed by atoms with Crippen molar-refractivity contribution in [2.45, 2.75) is 220 Å². The molecule has 34 heteroatoms. The summed E-state index contributed by atoms with van der Waals surface area (Å²) in [4.78, 5) is 133. The average Bonchev–Trinajstić information content (AvgIpc) is 3.22. The predicted molar refractivity (Wildman–Crippen MR) is 294 cm³/mol. The number of hydrogen-bond acceptors (Lipinski definition) is 25. The minimum absolute atomic E-state index is 0.436. The van der Waals surface area contributed by atoms with Crippen molar-refractivity contribution in [2.75, 3.05) is 24.7 Å². The standard InChI is InChI=1S/C48H84N6O24S4/c1-43(2,3)73-37(59)27(53-41(63)77-47(13,14)15)19-21-33(55)49-29(23-71-81(65,66)67)35(57)51-31(39(61)75-45(7,8)9)25-79-80-26-32(40(62)76-46(10,11)12)52-36(58)30(24-72-82(68,69)70)50-34(56)22-20-28(38(60)74-44(4,5)6)54-42(64)78-48(16,17)18/h27-32H,19-26H2,1-18H3,(H,49,55)(H,50,56)(H,51,57)(H,52,58)(H,53,63)(H,54,64)(H,65,66,67)(H,68,69,70)/p-1/t27-,28-,29-,30-,31-,32-/m0/s1. The van der Waals surface area contributed by atoms with Crippen LogP contribution in [0.2, 0.25) is 0 Å². The Bertz CT molecular complexity index is 2290. The maximum Gasteiger partial charge on any atom is 0.408 e. The van der Waals surface area contributed by atoms with Crippen LogP contribution in [0.4, 0.5) is 9.59 Å². The van der Waals surface area contributed by atoms with Gasteiger partial charge in [-0.25, -0.2) is 41.4 Å². The highest BCUT2D eigenvalue weighted by Gasteiger charge is 2.36. The zero-order valence-electron chi connectivity index (χ0n) is 49.6. The van der Waals surface area contributed by atoms with Gasteiger partial charge in [-0.3, -0.25) is 27.9 Å². The molecule has 6 atom stereocenters. The molecule has 0 aliphatic carbocycles. The summed E-state index contributed by atoms with van der Waals surface area (Å²) >= 11 is 0. The summed E-state index contributed by atoms with van der Waals surface area (Å²) in [5, 5.41) is 13.6. The third-order valence-corrected chi connectivity index (χ3v) is 12.0. The van der Waals surface area contributed by atoms with Crippen LogP contribution in [0.1, 0.15) is 150 Å². The van der Waals surface area contributed by atoms with E-state index in [1.54, 1.807) is 83.1 Å². The van der Waals surface area contributed by atoms with E-state index in [9.17, 15) is 73.9 Å².